The molecule has 0 aromatic carbocycles. The minimum atomic E-state index is -0.650. The Kier molecular flexibility index (Phi) is 2.00. The molecule has 0 saturated carbocycles. The number of aromatic nitrogens is 2. The first-order chi connectivity index (χ1) is 5.25. The maximum absolute atomic E-state index is 10.9. The second-order valence-electron chi connectivity index (χ2n) is 1.85. The van der Waals surface area contributed by atoms with Crippen LogP contribution in [0.25, 0.3) is 0 Å². The number of nitrogens with zero attached hydrogens (tertiary/aromatic N) is 2. The van der Waals surface area contributed by atoms with E-state index in [0.29, 0.717) is 0 Å². The first-order valence-corrected chi connectivity index (χ1v) is 3.00. The van der Waals surface area contributed by atoms with Crippen molar-refractivity contribution >= 4 is 11.8 Å². The van der Waals surface area contributed by atoms with E-state index in [1.165, 1.54) is 25.8 Å². The van der Waals surface area contributed by atoms with Crippen molar-refractivity contribution in [3.8, 4) is 0 Å². The van der Waals surface area contributed by atoms with Gasteiger partial charge in [-0.25, -0.2) is 4.98 Å². The molecule has 1 amide bonds. The summed E-state index contributed by atoms with van der Waals surface area (Å²) in [5, 5.41) is 2.22. The molecule has 0 radical (unpaired) electrons. The average Bonchev–Trinajstić information content (AvgIpc) is 2.53. The highest BCUT2D eigenvalue weighted by atomic mass is 16.2. The van der Waals surface area contributed by atoms with Gasteiger partial charge >= 0.3 is 11.8 Å². The van der Waals surface area contributed by atoms with Gasteiger partial charge in [-0.1, -0.05) is 0 Å². The molecule has 0 aliphatic carbocycles. The normalized spacial score (nSPS) is 9.18. The van der Waals surface area contributed by atoms with E-state index >= 15 is 0 Å². The van der Waals surface area contributed by atoms with Gasteiger partial charge in [-0.05, 0) is 0 Å². The van der Waals surface area contributed by atoms with E-state index in [4.69, 9.17) is 0 Å². The molecule has 5 heteroatoms. The zero-order valence-corrected chi connectivity index (χ0v) is 5.94. The van der Waals surface area contributed by atoms with E-state index in [0.717, 1.165) is 4.57 Å². The second-order valence-corrected chi connectivity index (χ2v) is 1.85. The van der Waals surface area contributed by atoms with Crippen LogP contribution in [-0.4, -0.2) is 28.4 Å². The fourth-order valence-electron chi connectivity index (χ4n) is 0.603. The van der Waals surface area contributed by atoms with Gasteiger partial charge in [0.1, 0.15) is 6.33 Å². The van der Waals surface area contributed by atoms with Crippen LogP contribution in [0.4, 0.5) is 0 Å². The van der Waals surface area contributed by atoms with Crippen molar-refractivity contribution in [1.82, 2.24) is 14.9 Å². The van der Waals surface area contributed by atoms with Gasteiger partial charge in [0.15, 0.2) is 0 Å². The fourth-order valence-corrected chi connectivity index (χ4v) is 0.603. The summed E-state index contributed by atoms with van der Waals surface area (Å²) in [5.74, 6) is -1.28. The van der Waals surface area contributed by atoms with Crippen LogP contribution in [0.1, 0.15) is 4.79 Å². The number of likely N-dealkylation sites (N-methyl/N-ethyl adjacent to an activating group) is 1. The first kappa shape index (κ1) is 7.46. The number of carbonyl (C=O) groups is 2. The van der Waals surface area contributed by atoms with Crippen LogP contribution in [0.5, 0.6) is 0 Å². The Morgan fingerprint density at radius 1 is 1.55 bits per heavy atom. The molecule has 0 atom stereocenters. The van der Waals surface area contributed by atoms with Gasteiger partial charge in [0.2, 0.25) is 0 Å². The number of amides is 1. The second kappa shape index (κ2) is 2.96. The number of hydrogen-bond donors (Lipinski definition) is 1. The lowest BCUT2D eigenvalue weighted by atomic mass is 10.5. The number of imidazole rings is 1. The SMILES string of the molecule is CNC(=O)C(=O)n1ccnc1. The molecular weight excluding hydrogens is 146 g/mol. The van der Waals surface area contributed by atoms with E-state index in [1.807, 2.05) is 0 Å². The Bertz CT molecular complexity index is 265. The zero-order valence-electron chi connectivity index (χ0n) is 5.94. The Morgan fingerprint density at radius 2 is 2.27 bits per heavy atom. The van der Waals surface area contributed by atoms with Gasteiger partial charge in [0.25, 0.3) is 0 Å². The number of nitrogens with one attached hydrogen (secondary N) is 1. The Labute approximate surface area is 63.0 Å². The summed E-state index contributed by atoms with van der Waals surface area (Å²) < 4.78 is 1.11. The van der Waals surface area contributed by atoms with Gasteiger partial charge in [-0.15, -0.1) is 0 Å². The predicted molar refractivity (Wildman–Crippen MR) is 36.9 cm³/mol. The van der Waals surface area contributed by atoms with Crippen molar-refractivity contribution in [2.24, 2.45) is 0 Å². The van der Waals surface area contributed by atoms with Crippen LogP contribution in [0, 0.1) is 0 Å². The molecule has 1 N–H and O–H groups in total. The van der Waals surface area contributed by atoms with Crippen molar-refractivity contribution in [3.63, 3.8) is 0 Å². The van der Waals surface area contributed by atoms with E-state index in [-0.39, 0.29) is 0 Å². The number of hydrogen-bond acceptors (Lipinski definition) is 3. The molecule has 0 aliphatic rings. The van der Waals surface area contributed by atoms with Crippen molar-refractivity contribution in [2.75, 3.05) is 7.05 Å². The topological polar surface area (TPSA) is 64.0 Å². The summed E-state index contributed by atoms with van der Waals surface area (Å²) >= 11 is 0. The molecule has 0 aliphatic heterocycles. The standard InChI is InChI=1S/C6H7N3O2/c1-7-5(10)6(11)9-3-2-8-4-9/h2-4H,1H3,(H,7,10). The highest BCUT2D eigenvalue weighted by Crippen LogP contribution is 1.84. The van der Waals surface area contributed by atoms with Crippen molar-refractivity contribution in [3.05, 3.63) is 18.7 Å². The molecule has 0 fully saturated rings. The lowest BCUT2D eigenvalue weighted by Gasteiger charge is -1.96. The number of rotatable bonds is 0. The van der Waals surface area contributed by atoms with Crippen LogP contribution < -0.4 is 5.32 Å². The van der Waals surface area contributed by atoms with Crippen LogP contribution >= 0.6 is 0 Å². The third-order valence-corrected chi connectivity index (χ3v) is 1.16. The Balaban J connectivity index is 2.79. The molecule has 0 bridgehead atoms. The van der Waals surface area contributed by atoms with Gasteiger partial charge in [-0.2, -0.15) is 0 Å². The lowest BCUT2D eigenvalue weighted by molar-refractivity contribution is -0.117. The van der Waals surface area contributed by atoms with E-state index in [9.17, 15) is 9.59 Å². The van der Waals surface area contributed by atoms with Crippen LogP contribution in [0.15, 0.2) is 18.7 Å². The van der Waals surface area contributed by atoms with E-state index in [2.05, 4.69) is 10.3 Å². The van der Waals surface area contributed by atoms with Crippen LogP contribution in [0.2, 0.25) is 0 Å². The molecule has 58 valence electrons. The third kappa shape index (κ3) is 1.43. The minimum Gasteiger partial charge on any atom is -0.351 e. The monoisotopic (exact) mass is 153 g/mol. The third-order valence-electron chi connectivity index (χ3n) is 1.16. The van der Waals surface area contributed by atoms with Crippen molar-refractivity contribution < 1.29 is 9.59 Å². The smallest absolute Gasteiger partial charge is 0.321 e. The average molecular weight is 153 g/mol. The summed E-state index contributed by atoms with van der Waals surface area (Å²) in [7, 11) is 1.40. The Morgan fingerprint density at radius 3 is 2.73 bits per heavy atom. The molecule has 0 unspecified atom stereocenters. The van der Waals surface area contributed by atoms with Gasteiger partial charge < -0.3 is 5.32 Å². The molecule has 0 spiro atoms. The quantitative estimate of drug-likeness (QED) is 0.500. The molecule has 11 heavy (non-hydrogen) atoms. The summed E-state index contributed by atoms with van der Waals surface area (Å²) in [6.07, 6.45) is 4.12. The predicted octanol–water partition coefficient (Wildman–Crippen LogP) is -0.731. The molecule has 1 aromatic rings. The Hall–Kier alpha value is -1.65. The first-order valence-electron chi connectivity index (χ1n) is 3.00. The molecule has 0 saturated heterocycles. The lowest BCUT2D eigenvalue weighted by Crippen LogP contribution is -2.31. The molecule has 1 aromatic heterocycles. The molecular formula is C6H7N3O2. The molecule has 1 heterocycles. The summed E-state index contributed by atoms with van der Waals surface area (Å²) in [6, 6.07) is 0. The summed E-state index contributed by atoms with van der Waals surface area (Å²) in [4.78, 5) is 25.3. The minimum absolute atomic E-state index is 0.634. The summed E-state index contributed by atoms with van der Waals surface area (Å²) in [6.45, 7) is 0. The van der Waals surface area contributed by atoms with Crippen molar-refractivity contribution in [1.29, 1.82) is 0 Å². The fraction of sp³-hybridized carbons (Fsp3) is 0.167. The van der Waals surface area contributed by atoms with E-state index < -0.39 is 11.8 Å². The number of carbonyl (C=O) groups excluding carboxylic acids is 2. The molecule has 5 nitrogen and oxygen atoms in total. The van der Waals surface area contributed by atoms with Crippen LogP contribution in [-0.2, 0) is 4.79 Å². The highest BCUT2D eigenvalue weighted by Gasteiger charge is 2.11. The van der Waals surface area contributed by atoms with E-state index in [1.54, 1.807) is 0 Å². The zero-order chi connectivity index (χ0) is 8.27. The van der Waals surface area contributed by atoms with Gasteiger partial charge in [0, 0.05) is 19.4 Å². The maximum Gasteiger partial charge on any atom is 0.321 e. The van der Waals surface area contributed by atoms with Gasteiger partial charge in [0.05, 0.1) is 0 Å². The summed E-state index contributed by atoms with van der Waals surface area (Å²) in [5.41, 5.74) is 0. The molecule has 1 rings (SSSR count). The maximum atomic E-state index is 10.9. The largest absolute Gasteiger partial charge is 0.351 e. The van der Waals surface area contributed by atoms with Gasteiger partial charge in [-0.3, -0.25) is 14.2 Å². The van der Waals surface area contributed by atoms with Crippen LogP contribution in [0.3, 0.4) is 0 Å². The highest BCUT2D eigenvalue weighted by molar-refractivity contribution is 6.35. The van der Waals surface area contributed by atoms with Crippen molar-refractivity contribution in [2.45, 2.75) is 0 Å².